The second-order valence-electron chi connectivity index (χ2n) is 15.6. The number of aliphatic carboxylic acids is 1. The van der Waals surface area contributed by atoms with E-state index in [0.29, 0.717) is 0 Å². The Balaban J connectivity index is 4.96. The Morgan fingerprint density at radius 3 is 0.791 bits per heavy atom. The Hall–Kier alpha value is -3.22. The van der Waals surface area contributed by atoms with Gasteiger partial charge in [-0.2, -0.15) is 0 Å². The number of carbonyl (C=O) groups excluding carboxylic acids is 5. The fourth-order valence-corrected chi connectivity index (χ4v) is 4.73. The van der Waals surface area contributed by atoms with Crippen molar-refractivity contribution < 1.29 is 33.9 Å². The molecule has 0 aromatic heterocycles. The fraction of sp³-hybridized carbons (Fsp3) is 0.800. The number of hydrogen-bond acceptors (Lipinski definition) is 7. The Morgan fingerprint density at radius 2 is 0.605 bits per heavy atom. The van der Waals surface area contributed by atoms with Crippen LogP contribution in [0.1, 0.15) is 122 Å². The smallest absolute Gasteiger partial charge is 0.305 e. The maximum Gasteiger partial charge on any atom is 0.305 e. The van der Waals surface area contributed by atoms with Crippen LogP contribution in [0.5, 0.6) is 0 Å². The number of carboxylic acid groups (broad SMARTS) is 1. The van der Waals surface area contributed by atoms with Crippen LogP contribution in [-0.4, -0.2) is 73.8 Å². The number of nitrogens with one attached hydrogen (secondary N) is 5. The number of carbonyl (C=O) groups is 6. The third kappa shape index (κ3) is 19.6. The summed E-state index contributed by atoms with van der Waals surface area (Å²) < 4.78 is 0. The first-order valence-corrected chi connectivity index (χ1v) is 14.5. The molecule has 0 aromatic rings. The molecule has 0 aliphatic carbocycles. The zero-order valence-corrected chi connectivity index (χ0v) is 28.2. The van der Waals surface area contributed by atoms with E-state index in [0.717, 1.165) is 0 Å². The van der Waals surface area contributed by atoms with Gasteiger partial charge >= 0.3 is 5.97 Å². The third-order valence-corrected chi connectivity index (χ3v) is 6.01. The van der Waals surface area contributed by atoms with E-state index in [2.05, 4.69) is 26.6 Å². The van der Waals surface area contributed by atoms with E-state index in [1.165, 1.54) is 0 Å². The van der Waals surface area contributed by atoms with Gasteiger partial charge in [0, 0.05) is 65.3 Å². The standard InChI is InChI=1S/C30H56N6O7/c1-25(2,31)13-19(37)32-26(3,4)14-20(38)33-27(5,6)15-21(39)34-28(7,8)16-22(40)35-29(9,10)17-23(41)36-30(11,12)18-24(42)43/h13-18,31H2,1-12H3,(H,32,37)(H,33,38)(H,34,39)(H,35,40)(H,36,41)(H,42,43). The van der Waals surface area contributed by atoms with E-state index < -0.39 is 45.1 Å². The number of carboxylic acids is 1. The second-order valence-corrected chi connectivity index (χ2v) is 15.6. The van der Waals surface area contributed by atoms with Crippen LogP contribution < -0.4 is 32.3 Å². The summed E-state index contributed by atoms with van der Waals surface area (Å²) in [6.07, 6.45) is -0.356. The highest BCUT2D eigenvalue weighted by molar-refractivity contribution is 5.85. The molecule has 0 atom stereocenters. The van der Waals surface area contributed by atoms with Crippen LogP contribution in [0.2, 0.25) is 0 Å². The zero-order chi connectivity index (χ0) is 34.2. The largest absolute Gasteiger partial charge is 0.481 e. The van der Waals surface area contributed by atoms with E-state index >= 15 is 0 Å². The Bertz CT molecular complexity index is 1060. The normalized spacial score (nSPS) is 13.0. The first-order chi connectivity index (χ1) is 18.9. The van der Waals surface area contributed by atoms with E-state index in [9.17, 15) is 28.8 Å². The summed E-state index contributed by atoms with van der Waals surface area (Å²) in [7, 11) is 0. The first kappa shape index (κ1) is 39.8. The molecular formula is C30H56N6O7. The average molecular weight is 613 g/mol. The molecule has 0 aromatic carbocycles. The van der Waals surface area contributed by atoms with Crippen molar-refractivity contribution in [1.82, 2.24) is 26.6 Å². The van der Waals surface area contributed by atoms with Crippen molar-refractivity contribution in [2.45, 2.75) is 155 Å². The van der Waals surface area contributed by atoms with Gasteiger partial charge in [0.25, 0.3) is 0 Å². The van der Waals surface area contributed by atoms with Crippen LogP contribution in [0.4, 0.5) is 0 Å². The van der Waals surface area contributed by atoms with Crippen molar-refractivity contribution >= 4 is 35.5 Å². The summed E-state index contributed by atoms with van der Waals surface area (Å²) in [5, 5.41) is 23.0. The number of rotatable bonds is 17. The highest BCUT2D eigenvalue weighted by Gasteiger charge is 2.34. The molecule has 0 aliphatic rings. The number of nitrogens with two attached hydrogens (primary N) is 1. The topological polar surface area (TPSA) is 209 Å². The molecule has 0 unspecified atom stereocenters. The van der Waals surface area contributed by atoms with Crippen molar-refractivity contribution in [3.05, 3.63) is 0 Å². The summed E-state index contributed by atoms with van der Waals surface area (Å²) >= 11 is 0. The van der Waals surface area contributed by atoms with E-state index in [-0.39, 0.29) is 62.2 Å². The summed E-state index contributed by atoms with van der Waals surface area (Å²) in [6, 6.07) is 0. The number of amides is 5. The van der Waals surface area contributed by atoms with Crippen molar-refractivity contribution in [2.24, 2.45) is 5.73 Å². The maximum absolute atomic E-state index is 12.9. The Labute approximate surface area is 256 Å². The molecule has 0 rings (SSSR count). The molecular weight excluding hydrogens is 556 g/mol. The monoisotopic (exact) mass is 612 g/mol. The van der Waals surface area contributed by atoms with Gasteiger partial charge in [0.1, 0.15) is 0 Å². The average Bonchev–Trinajstić information content (AvgIpc) is 2.58. The van der Waals surface area contributed by atoms with Crippen LogP contribution in [0.25, 0.3) is 0 Å². The molecule has 13 heteroatoms. The minimum absolute atomic E-state index is 0.00861. The lowest BCUT2D eigenvalue weighted by molar-refractivity contribution is -0.139. The van der Waals surface area contributed by atoms with Crippen LogP contribution in [0, 0.1) is 0 Å². The van der Waals surface area contributed by atoms with Gasteiger partial charge in [0.15, 0.2) is 0 Å². The predicted octanol–water partition coefficient (Wildman–Crippen LogP) is 1.62. The summed E-state index contributed by atoms with van der Waals surface area (Å²) in [5.41, 5.74) is 0.661. The lowest BCUT2D eigenvalue weighted by Crippen LogP contribution is -2.55. The Morgan fingerprint density at radius 1 is 0.419 bits per heavy atom. The lowest BCUT2D eigenvalue weighted by Gasteiger charge is -2.33. The molecule has 5 amide bonds. The minimum atomic E-state index is -1.04. The van der Waals surface area contributed by atoms with Crippen molar-refractivity contribution in [2.75, 3.05) is 0 Å². The van der Waals surface area contributed by atoms with E-state index in [4.69, 9.17) is 10.8 Å². The van der Waals surface area contributed by atoms with Crippen molar-refractivity contribution in [1.29, 1.82) is 0 Å². The van der Waals surface area contributed by atoms with Crippen LogP contribution >= 0.6 is 0 Å². The SMILES string of the molecule is CC(C)(N)CC(=O)NC(C)(C)CC(=O)NC(C)(C)CC(=O)NC(C)(C)CC(=O)NC(C)(C)CC(=O)NC(C)(C)CC(=O)O. The highest BCUT2D eigenvalue weighted by Crippen LogP contribution is 2.18. The van der Waals surface area contributed by atoms with Crippen LogP contribution in [-0.2, 0) is 28.8 Å². The van der Waals surface area contributed by atoms with Gasteiger partial charge in [-0.05, 0) is 83.1 Å². The molecule has 0 saturated carbocycles. The van der Waals surface area contributed by atoms with Gasteiger partial charge in [-0.15, -0.1) is 0 Å². The van der Waals surface area contributed by atoms with Crippen molar-refractivity contribution in [3.8, 4) is 0 Å². The summed E-state index contributed by atoms with van der Waals surface area (Å²) in [6.45, 7) is 20.3. The van der Waals surface area contributed by atoms with E-state index in [1.807, 2.05) is 0 Å². The third-order valence-electron chi connectivity index (χ3n) is 6.01. The highest BCUT2D eigenvalue weighted by atomic mass is 16.4. The van der Waals surface area contributed by atoms with Gasteiger partial charge in [0.05, 0.1) is 6.42 Å². The van der Waals surface area contributed by atoms with Gasteiger partial charge < -0.3 is 37.4 Å². The Kier molecular flexibility index (Phi) is 13.4. The molecule has 8 N–H and O–H groups in total. The van der Waals surface area contributed by atoms with Gasteiger partial charge in [-0.3, -0.25) is 28.8 Å². The minimum Gasteiger partial charge on any atom is -0.481 e. The number of hydrogen-bond donors (Lipinski definition) is 7. The molecule has 0 saturated heterocycles. The van der Waals surface area contributed by atoms with Gasteiger partial charge in [0.2, 0.25) is 29.5 Å². The van der Waals surface area contributed by atoms with Crippen LogP contribution in [0.3, 0.4) is 0 Å². The quantitative estimate of drug-likeness (QED) is 0.128. The van der Waals surface area contributed by atoms with Crippen molar-refractivity contribution in [3.63, 3.8) is 0 Å². The first-order valence-electron chi connectivity index (χ1n) is 14.5. The van der Waals surface area contributed by atoms with E-state index in [1.54, 1.807) is 83.1 Å². The molecule has 248 valence electrons. The summed E-state index contributed by atoms with van der Waals surface area (Å²) in [4.78, 5) is 74.2. The molecule has 0 spiro atoms. The second kappa shape index (κ2) is 14.5. The fourth-order valence-electron chi connectivity index (χ4n) is 4.73. The molecule has 13 nitrogen and oxygen atoms in total. The lowest BCUT2D eigenvalue weighted by atomic mass is 9.93. The van der Waals surface area contributed by atoms with Gasteiger partial charge in [-0.1, -0.05) is 0 Å². The molecule has 43 heavy (non-hydrogen) atoms. The van der Waals surface area contributed by atoms with Crippen LogP contribution in [0.15, 0.2) is 0 Å². The van der Waals surface area contributed by atoms with Gasteiger partial charge in [-0.25, -0.2) is 0 Å². The maximum atomic E-state index is 12.9. The molecule has 0 heterocycles. The zero-order valence-electron chi connectivity index (χ0n) is 28.2. The molecule has 0 bridgehead atoms. The predicted molar refractivity (Wildman–Crippen MR) is 165 cm³/mol. The molecule has 0 radical (unpaired) electrons. The summed E-state index contributed by atoms with van der Waals surface area (Å²) in [5.74, 6) is -2.81. The molecule has 0 fully saturated rings. The molecule has 0 aliphatic heterocycles.